The van der Waals surface area contributed by atoms with Crippen molar-refractivity contribution in [1.29, 1.82) is 0 Å². The van der Waals surface area contributed by atoms with Gasteiger partial charge in [-0.05, 0) is 18.2 Å². The van der Waals surface area contributed by atoms with E-state index < -0.39 is 0 Å². The molecule has 96 valence electrons. The van der Waals surface area contributed by atoms with Gasteiger partial charge in [-0.2, -0.15) is 0 Å². The van der Waals surface area contributed by atoms with Crippen molar-refractivity contribution in [2.45, 2.75) is 6.61 Å². The molecule has 0 saturated carbocycles. The van der Waals surface area contributed by atoms with Gasteiger partial charge < -0.3 is 14.8 Å². The van der Waals surface area contributed by atoms with Gasteiger partial charge >= 0.3 is 0 Å². The number of H-pyrrole nitrogens is 1. The minimum absolute atomic E-state index is 0.237. The Kier molecular flexibility index (Phi) is 3.05. The predicted octanol–water partition coefficient (Wildman–Crippen LogP) is 4.11. The number of hydrogen-bond acceptors (Lipinski definition) is 2. The van der Waals surface area contributed by atoms with E-state index in [1.165, 1.54) is 0 Å². The lowest BCUT2D eigenvalue weighted by Crippen LogP contribution is -1.94. The van der Waals surface area contributed by atoms with Crippen LogP contribution in [0.5, 0.6) is 11.5 Å². The molecule has 0 saturated heterocycles. The van der Waals surface area contributed by atoms with E-state index in [9.17, 15) is 5.11 Å². The third-order valence-electron chi connectivity index (χ3n) is 3.00. The fourth-order valence-corrected chi connectivity index (χ4v) is 2.22. The highest BCUT2D eigenvalue weighted by atomic mass is 35.5. The number of benzene rings is 2. The number of aromatic nitrogens is 1. The molecule has 0 radical (unpaired) electrons. The molecule has 0 aliphatic heterocycles. The highest BCUT2D eigenvalue weighted by Crippen LogP contribution is 2.28. The zero-order chi connectivity index (χ0) is 13.2. The molecule has 0 aliphatic carbocycles. The smallest absolute Gasteiger partial charge is 0.139 e. The summed E-state index contributed by atoms with van der Waals surface area (Å²) in [6, 6.07) is 12.8. The quantitative estimate of drug-likeness (QED) is 0.754. The third kappa shape index (κ3) is 2.25. The molecule has 0 aliphatic rings. The van der Waals surface area contributed by atoms with Crippen LogP contribution in [0.15, 0.2) is 48.7 Å². The van der Waals surface area contributed by atoms with Crippen LogP contribution < -0.4 is 4.74 Å². The monoisotopic (exact) mass is 273 g/mol. The Bertz CT molecular complexity index is 721. The Morgan fingerprint density at radius 2 is 1.95 bits per heavy atom. The van der Waals surface area contributed by atoms with Crippen molar-refractivity contribution < 1.29 is 9.84 Å². The van der Waals surface area contributed by atoms with E-state index in [2.05, 4.69) is 4.98 Å². The van der Waals surface area contributed by atoms with Crippen molar-refractivity contribution >= 4 is 22.5 Å². The summed E-state index contributed by atoms with van der Waals surface area (Å²) in [5.41, 5.74) is 1.70. The van der Waals surface area contributed by atoms with Crippen LogP contribution in [0, 0.1) is 0 Å². The summed E-state index contributed by atoms with van der Waals surface area (Å²) in [6.45, 7) is 0.396. The van der Waals surface area contributed by atoms with Gasteiger partial charge in [0.05, 0.1) is 10.5 Å². The molecule has 3 nitrogen and oxygen atoms in total. The van der Waals surface area contributed by atoms with Gasteiger partial charge in [0.25, 0.3) is 0 Å². The standard InChI is InChI=1S/C15H12ClNO2/c16-12-5-1-2-7-14(12)19-9-10-8-17-15-11(10)4-3-6-13(15)18/h1-8,17-18H,9H2. The molecular weight excluding hydrogens is 262 g/mol. The highest BCUT2D eigenvalue weighted by molar-refractivity contribution is 6.32. The minimum atomic E-state index is 0.237. The number of halogens is 1. The largest absolute Gasteiger partial charge is 0.506 e. The van der Waals surface area contributed by atoms with E-state index in [1.54, 1.807) is 12.1 Å². The van der Waals surface area contributed by atoms with Crippen LogP contribution in [-0.2, 0) is 6.61 Å². The molecule has 3 aromatic rings. The molecule has 0 spiro atoms. The Labute approximate surface area is 115 Å². The Morgan fingerprint density at radius 1 is 1.11 bits per heavy atom. The molecule has 1 heterocycles. The summed E-state index contributed by atoms with van der Waals surface area (Å²) in [4.78, 5) is 3.04. The van der Waals surface area contributed by atoms with Crippen LogP contribution in [0.1, 0.15) is 5.56 Å². The number of para-hydroxylation sites is 2. The van der Waals surface area contributed by atoms with Crippen LogP contribution in [-0.4, -0.2) is 10.1 Å². The molecule has 0 atom stereocenters. The van der Waals surface area contributed by atoms with Crippen molar-refractivity contribution in [3.63, 3.8) is 0 Å². The lowest BCUT2D eigenvalue weighted by atomic mass is 10.2. The minimum Gasteiger partial charge on any atom is -0.506 e. The Morgan fingerprint density at radius 3 is 2.79 bits per heavy atom. The number of hydrogen-bond donors (Lipinski definition) is 2. The van der Waals surface area contributed by atoms with Crippen LogP contribution >= 0.6 is 11.6 Å². The molecule has 0 bridgehead atoms. The zero-order valence-corrected chi connectivity index (χ0v) is 10.8. The topological polar surface area (TPSA) is 45.2 Å². The number of phenolic OH excluding ortho intramolecular Hbond substituents is 1. The predicted molar refractivity (Wildman–Crippen MR) is 75.7 cm³/mol. The first-order valence-corrected chi connectivity index (χ1v) is 6.29. The lowest BCUT2D eigenvalue weighted by Gasteiger charge is -2.06. The Balaban J connectivity index is 1.87. The zero-order valence-electron chi connectivity index (χ0n) is 10.1. The average molecular weight is 274 g/mol. The van der Waals surface area contributed by atoms with E-state index in [-0.39, 0.29) is 5.75 Å². The molecule has 3 rings (SSSR count). The number of nitrogens with one attached hydrogen (secondary N) is 1. The van der Waals surface area contributed by atoms with Crippen molar-refractivity contribution in [1.82, 2.24) is 4.98 Å². The van der Waals surface area contributed by atoms with E-state index in [4.69, 9.17) is 16.3 Å². The number of ether oxygens (including phenoxy) is 1. The Hall–Kier alpha value is -2.13. The molecular formula is C15H12ClNO2. The second-order valence-electron chi connectivity index (χ2n) is 4.23. The van der Waals surface area contributed by atoms with Gasteiger partial charge in [0.1, 0.15) is 18.1 Å². The maximum atomic E-state index is 9.72. The van der Waals surface area contributed by atoms with Crippen LogP contribution in [0.3, 0.4) is 0 Å². The van der Waals surface area contributed by atoms with Crippen LogP contribution in [0.25, 0.3) is 10.9 Å². The average Bonchev–Trinajstić information content (AvgIpc) is 2.83. The number of phenols is 1. The molecule has 1 aromatic heterocycles. The third-order valence-corrected chi connectivity index (χ3v) is 3.31. The fourth-order valence-electron chi connectivity index (χ4n) is 2.03. The molecule has 0 amide bonds. The van der Waals surface area contributed by atoms with E-state index in [0.717, 1.165) is 16.5 Å². The summed E-state index contributed by atoms with van der Waals surface area (Å²) < 4.78 is 5.70. The van der Waals surface area contributed by atoms with E-state index in [1.807, 2.05) is 36.5 Å². The van der Waals surface area contributed by atoms with Gasteiger partial charge in [0, 0.05) is 17.1 Å². The maximum Gasteiger partial charge on any atom is 0.139 e. The molecule has 2 aromatic carbocycles. The van der Waals surface area contributed by atoms with Crippen LogP contribution in [0.2, 0.25) is 5.02 Å². The second kappa shape index (κ2) is 4.86. The summed E-state index contributed by atoms with van der Waals surface area (Å²) in [5.74, 6) is 0.889. The molecule has 19 heavy (non-hydrogen) atoms. The lowest BCUT2D eigenvalue weighted by molar-refractivity contribution is 0.308. The first-order chi connectivity index (χ1) is 9.25. The fraction of sp³-hybridized carbons (Fsp3) is 0.0667. The molecule has 0 fully saturated rings. The SMILES string of the molecule is Oc1cccc2c(COc3ccccc3Cl)c[nH]c12. The van der Waals surface area contributed by atoms with Gasteiger partial charge in [-0.3, -0.25) is 0 Å². The van der Waals surface area contributed by atoms with Crippen LogP contribution in [0.4, 0.5) is 0 Å². The van der Waals surface area contributed by atoms with Crippen molar-refractivity contribution in [3.05, 3.63) is 59.2 Å². The number of aromatic hydroxyl groups is 1. The van der Waals surface area contributed by atoms with Crippen molar-refractivity contribution in [2.24, 2.45) is 0 Å². The van der Waals surface area contributed by atoms with Gasteiger partial charge in [-0.25, -0.2) is 0 Å². The normalized spacial score (nSPS) is 10.8. The number of fused-ring (bicyclic) bond motifs is 1. The summed E-state index contributed by atoms with van der Waals surface area (Å²) >= 11 is 6.04. The van der Waals surface area contributed by atoms with Gasteiger partial charge in [-0.1, -0.05) is 35.9 Å². The maximum absolute atomic E-state index is 9.72. The van der Waals surface area contributed by atoms with Crippen molar-refractivity contribution in [3.8, 4) is 11.5 Å². The first-order valence-electron chi connectivity index (χ1n) is 5.91. The molecule has 0 unspecified atom stereocenters. The molecule has 2 N–H and O–H groups in total. The number of aromatic amines is 1. The van der Waals surface area contributed by atoms with E-state index in [0.29, 0.717) is 17.4 Å². The summed E-state index contributed by atoms with van der Waals surface area (Å²) in [7, 11) is 0. The van der Waals surface area contributed by atoms with Gasteiger partial charge in [-0.15, -0.1) is 0 Å². The van der Waals surface area contributed by atoms with Gasteiger partial charge in [0.15, 0.2) is 0 Å². The number of rotatable bonds is 3. The highest BCUT2D eigenvalue weighted by Gasteiger charge is 2.08. The second-order valence-corrected chi connectivity index (χ2v) is 4.64. The molecule has 4 heteroatoms. The van der Waals surface area contributed by atoms with Gasteiger partial charge in [0.2, 0.25) is 0 Å². The first kappa shape index (κ1) is 11.9. The van der Waals surface area contributed by atoms with E-state index >= 15 is 0 Å². The summed E-state index contributed by atoms with van der Waals surface area (Å²) in [5, 5.41) is 11.3. The van der Waals surface area contributed by atoms with Crippen molar-refractivity contribution in [2.75, 3.05) is 0 Å². The summed E-state index contributed by atoms with van der Waals surface area (Å²) in [6.07, 6.45) is 1.83.